The molecular weight excluding hydrogens is 342 g/mol. The number of carbonyl (C=O) groups is 1. The van der Waals surface area contributed by atoms with E-state index in [1.165, 1.54) is 4.90 Å². The summed E-state index contributed by atoms with van der Waals surface area (Å²) < 4.78 is 6.99. The van der Waals surface area contributed by atoms with Crippen molar-refractivity contribution in [3.05, 3.63) is 36.5 Å². The van der Waals surface area contributed by atoms with E-state index in [0.717, 1.165) is 43.7 Å². The fraction of sp³-hybridized carbons (Fsp3) is 0.550. The first-order valence-corrected chi connectivity index (χ1v) is 9.81. The lowest BCUT2D eigenvalue weighted by atomic mass is 9.75. The minimum Gasteiger partial charge on any atom is -0.383 e. The second kappa shape index (κ2) is 8.19. The quantitative estimate of drug-likeness (QED) is 0.673. The van der Waals surface area contributed by atoms with Gasteiger partial charge in [0.25, 0.3) is 0 Å². The van der Waals surface area contributed by atoms with E-state index in [1.807, 2.05) is 29.1 Å². The normalized spacial score (nSPS) is 26.9. The first-order chi connectivity index (χ1) is 13.2. The van der Waals surface area contributed by atoms with Crippen LogP contribution in [0.3, 0.4) is 0 Å². The molecule has 0 spiro atoms. The number of rotatable bonds is 7. The van der Waals surface area contributed by atoms with E-state index in [0.29, 0.717) is 25.1 Å². The van der Waals surface area contributed by atoms with Gasteiger partial charge in [-0.05, 0) is 5.92 Å². The molecule has 5 rings (SSSR count). The highest BCUT2D eigenvalue weighted by atomic mass is 16.5. The molecule has 7 nitrogen and oxygen atoms in total. The largest absolute Gasteiger partial charge is 0.383 e. The van der Waals surface area contributed by atoms with Gasteiger partial charge in [-0.15, -0.1) is 5.10 Å². The Morgan fingerprint density at radius 2 is 2.22 bits per heavy atom. The molecule has 2 N–H and O–H groups in total. The van der Waals surface area contributed by atoms with E-state index < -0.39 is 0 Å². The third kappa shape index (κ3) is 4.04. The van der Waals surface area contributed by atoms with Crippen molar-refractivity contribution in [3.8, 4) is 11.3 Å². The maximum absolute atomic E-state index is 12.5. The molecule has 1 unspecified atom stereocenters. The number of ether oxygens (including phenoxy) is 1. The fourth-order valence-corrected chi connectivity index (χ4v) is 4.58. The topological polar surface area (TPSA) is 73.5 Å². The van der Waals surface area contributed by atoms with Crippen LogP contribution in [-0.2, 0) is 16.1 Å². The van der Waals surface area contributed by atoms with Gasteiger partial charge in [0.2, 0.25) is 5.91 Å². The number of piperidine rings is 3. The number of nitrogens with zero attached hydrogens (tertiary/aromatic N) is 3. The minimum absolute atomic E-state index is 0.137. The Balaban J connectivity index is 1.36. The zero-order valence-electron chi connectivity index (χ0n) is 15.8. The SMILES string of the molecule is COCCNC(=O)[C@H]1C[NH+]2CC[C@H]1C[C@@H]2Cn1cc(-c2ccccc2)nn1. The fourth-order valence-electron chi connectivity index (χ4n) is 4.58. The monoisotopic (exact) mass is 370 g/mol. The number of carbonyl (C=O) groups excluding carboxylic acids is 1. The van der Waals surface area contributed by atoms with Gasteiger partial charge in [-0.25, -0.2) is 4.68 Å². The number of quaternary nitrogens is 1. The van der Waals surface area contributed by atoms with Gasteiger partial charge in [0.15, 0.2) is 0 Å². The molecular formula is C20H28N5O2+. The highest BCUT2D eigenvalue weighted by Gasteiger charge is 2.46. The predicted octanol–water partition coefficient (Wildman–Crippen LogP) is 0.00100. The number of methoxy groups -OCH3 is 1. The van der Waals surface area contributed by atoms with Crippen LogP contribution in [0, 0.1) is 11.8 Å². The molecule has 1 amide bonds. The van der Waals surface area contributed by atoms with Crippen LogP contribution < -0.4 is 10.2 Å². The van der Waals surface area contributed by atoms with Crippen LogP contribution in [0.4, 0.5) is 0 Å². The number of hydrogen-bond donors (Lipinski definition) is 2. The van der Waals surface area contributed by atoms with Gasteiger partial charge in [0, 0.05) is 32.1 Å². The molecule has 1 aromatic carbocycles. The second-order valence-corrected chi connectivity index (χ2v) is 7.68. The Morgan fingerprint density at radius 3 is 2.96 bits per heavy atom. The minimum atomic E-state index is 0.137. The molecule has 3 aliphatic heterocycles. The Bertz CT molecular complexity index is 763. The molecule has 1 aromatic heterocycles. The van der Waals surface area contributed by atoms with E-state index in [4.69, 9.17) is 4.74 Å². The number of fused-ring (bicyclic) bond motifs is 3. The Kier molecular flexibility index (Phi) is 5.50. The molecule has 7 heteroatoms. The van der Waals surface area contributed by atoms with Gasteiger partial charge in [0.05, 0.1) is 38.4 Å². The summed E-state index contributed by atoms with van der Waals surface area (Å²) in [6, 6.07) is 10.7. The highest BCUT2D eigenvalue weighted by Crippen LogP contribution is 2.27. The number of hydrogen-bond acceptors (Lipinski definition) is 4. The van der Waals surface area contributed by atoms with Crippen LogP contribution in [0.25, 0.3) is 11.3 Å². The van der Waals surface area contributed by atoms with Crippen LogP contribution in [0.5, 0.6) is 0 Å². The van der Waals surface area contributed by atoms with E-state index in [2.05, 4.69) is 27.8 Å². The van der Waals surface area contributed by atoms with Gasteiger partial charge >= 0.3 is 0 Å². The first-order valence-electron chi connectivity index (χ1n) is 9.81. The maximum Gasteiger partial charge on any atom is 0.229 e. The summed E-state index contributed by atoms with van der Waals surface area (Å²) >= 11 is 0. The molecule has 2 aromatic rings. The number of aromatic nitrogens is 3. The Hall–Kier alpha value is -2.25. The van der Waals surface area contributed by atoms with Crippen LogP contribution in [0.2, 0.25) is 0 Å². The molecule has 0 radical (unpaired) electrons. The van der Waals surface area contributed by atoms with Crippen molar-refractivity contribution < 1.29 is 14.4 Å². The third-order valence-electron chi connectivity index (χ3n) is 6.01. The van der Waals surface area contributed by atoms with E-state index in [1.54, 1.807) is 7.11 Å². The Morgan fingerprint density at radius 1 is 1.37 bits per heavy atom. The summed E-state index contributed by atoms with van der Waals surface area (Å²) in [5.74, 6) is 0.810. The molecule has 3 fully saturated rings. The zero-order chi connectivity index (χ0) is 18.6. The van der Waals surface area contributed by atoms with Crippen molar-refractivity contribution in [2.24, 2.45) is 11.8 Å². The van der Waals surface area contributed by atoms with Crippen LogP contribution in [-0.4, -0.2) is 60.3 Å². The first kappa shape index (κ1) is 18.1. The highest BCUT2D eigenvalue weighted by molar-refractivity contribution is 5.79. The van der Waals surface area contributed by atoms with Crippen molar-refractivity contribution >= 4 is 5.91 Å². The summed E-state index contributed by atoms with van der Waals surface area (Å²) in [4.78, 5) is 14.0. The summed E-state index contributed by atoms with van der Waals surface area (Å²) in [5.41, 5.74) is 2.01. The second-order valence-electron chi connectivity index (χ2n) is 7.68. The van der Waals surface area contributed by atoms with Crippen molar-refractivity contribution in [1.29, 1.82) is 0 Å². The summed E-state index contributed by atoms with van der Waals surface area (Å²) in [7, 11) is 1.66. The molecule has 2 bridgehead atoms. The van der Waals surface area contributed by atoms with Gasteiger partial charge < -0.3 is 15.0 Å². The molecule has 0 saturated carbocycles. The summed E-state index contributed by atoms with van der Waals surface area (Å²) in [5, 5.41) is 11.7. The van der Waals surface area contributed by atoms with Crippen molar-refractivity contribution in [2.45, 2.75) is 25.4 Å². The maximum atomic E-state index is 12.5. The van der Waals surface area contributed by atoms with Gasteiger partial charge in [-0.2, -0.15) is 0 Å². The Labute approximate surface area is 159 Å². The number of amides is 1. The van der Waals surface area contributed by atoms with E-state index >= 15 is 0 Å². The number of nitrogens with one attached hydrogen (secondary N) is 2. The molecule has 4 atom stereocenters. The third-order valence-corrected chi connectivity index (χ3v) is 6.01. The predicted molar refractivity (Wildman–Crippen MR) is 101 cm³/mol. The van der Waals surface area contributed by atoms with Gasteiger partial charge in [0.1, 0.15) is 11.7 Å². The smallest absolute Gasteiger partial charge is 0.229 e. The lowest BCUT2D eigenvalue weighted by molar-refractivity contribution is -0.945. The standard InChI is InChI=1S/C20H27N5O2/c1-27-10-8-21-20(26)18-13-24-9-7-16(18)11-17(24)12-25-14-19(22-23-25)15-5-3-2-4-6-15/h2-6,14,16-18H,7-13H2,1H3,(H,21,26)/p+1/t16-,17+,18-/m0/s1. The zero-order valence-corrected chi connectivity index (χ0v) is 15.8. The average molecular weight is 370 g/mol. The van der Waals surface area contributed by atoms with Crippen LogP contribution in [0.1, 0.15) is 12.8 Å². The molecule has 3 saturated heterocycles. The van der Waals surface area contributed by atoms with Gasteiger partial charge in [-0.3, -0.25) is 4.79 Å². The van der Waals surface area contributed by atoms with Gasteiger partial charge in [-0.1, -0.05) is 35.5 Å². The average Bonchev–Trinajstić information content (AvgIpc) is 3.18. The van der Waals surface area contributed by atoms with E-state index in [-0.39, 0.29) is 11.8 Å². The van der Waals surface area contributed by atoms with E-state index in [9.17, 15) is 4.79 Å². The lowest BCUT2D eigenvalue weighted by Crippen LogP contribution is -3.20. The lowest BCUT2D eigenvalue weighted by Gasteiger charge is -2.46. The summed E-state index contributed by atoms with van der Waals surface area (Å²) in [6.45, 7) is 4.10. The van der Waals surface area contributed by atoms with Crippen LogP contribution >= 0.6 is 0 Å². The van der Waals surface area contributed by atoms with Crippen molar-refractivity contribution in [1.82, 2.24) is 20.3 Å². The van der Waals surface area contributed by atoms with Crippen molar-refractivity contribution in [3.63, 3.8) is 0 Å². The molecule has 27 heavy (non-hydrogen) atoms. The molecule has 3 aliphatic rings. The molecule has 4 heterocycles. The summed E-state index contributed by atoms with van der Waals surface area (Å²) in [6.07, 6.45) is 4.26. The van der Waals surface area contributed by atoms with Crippen molar-refractivity contribution in [2.75, 3.05) is 33.4 Å². The molecule has 0 aliphatic carbocycles. The van der Waals surface area contributed by atoms with Crippen LogP contribution in [0.15, 0.2) is 36.5 Å². The molecule has 144 valence electrons. The number of benzene rings is 1.